The summed E-state index contributed by atoms with van der Waals surface area (Å²) < 4.78 is 0. The fraction of sp³-hybridized carbons (Fsp3) is 0.214. The Bertz CT molecular complexity index is 580. The number of nitrogen functional groups attached to an aromatic ring is 1. The van der Waals surface area contributed by atoms with E-state index in [2.05, 4.69) is 20.7 Å². The number of nitrogens with zero attached hydrogens (tertiary/aromatic N) is 2. The molecule has 104 valence electrons. The topological polar surface area (TPSA) is 92.9 Å². The van der Waals surface area contributed by atoms with E-state index in [1.807, 2.05) is 44.2 Å². The molecule has 20 heavy (non-hydrogen) atoms. The van der Waals surface area contributed by atoms with E-state index < -0.39 is 5.54 Å². The van der Waals surface area contributed by atoms with Gasteiger partial charge in [0.05, 0.1) is 17.9 Å². The number of hydrogen-bond donors (Lipinski definition) is 3. The highest BCUT2D eigenvalue weighted by Crippen LogP contribution is 2.19. The van der Waals surface area contributed by atoms with Crippen LogP contribution in [0.5, 0.6) is 0 Å². The number of carbonyl (C=O) groups excluding carboxylic acids is 1. The smallest absolute Gasteiger partial charge is 0.272 e. The third kappa shape index (κ3) is 3.10. The number of anilines is 1. The molecule has 1 amide bonds. The van der Waals surface area contributed by atoms with Crippen molar-refractivity contribution in [2.45, 2.75) is 19.4 Å². The summed E-state index contributed by atoms with van der Waals surface area (Å²) in [6.07, 6.45) is 2.79. The van der Waals surface area contributed by atoms with Gasteiger partial charge in [0.15, 0.2) is 5.82 Å². The highest BCUT2D eigenvalue weighted by atomic mass is 16.2. The van der Waals surface area contributed by atoms with Crippen LogP contribution in [0, 0.1) is 0 Å². The molecule has 0 saturated heterocycles. The number of nitrogens with one attached hydrogen (secondary N) is 2. The molecule has 0 bridgehead atoms. The Hall–Kier alpha value is -2.47. The second-order valence-corrected chi connectivity index (χ2v) is 4.88. The number of hydrazine groups is 1. The Labute approximate surface area is 117 Å². The lowest BCUT2D eigenvalue weighted by Crippen LogP contribution is -2.41. The average Bonchev–Trinajstić information content (AvgIpc) is 2.48. The summed E-state index contributed by atoms with van der Waals surface area (Å²) in [7, 11) is 0. The molecule has 2 rings (SSSR count). The van der Waals surface area contributed by atoms with Crippen molar-refractivity contribution in [2.75, 3.05) is 5.43 Å². The van der Waals surface area contributed by atoms with Crippen LogP contribution in [0.1, 0.15) is 29.9 Å². The Morgan fingerprint density at radius 3 is 2.40 bits per heavy atom. The number of aromatic nitrogens is 2. The molecule has 0 atom stereocenters. The van der Waals surface area contributed by atoms with Gasteiger partial charge < -0.3 is 10.7 Å². The summed E-state index contributed by atoms with van der Waals surface area (Å²) >= 11 is 0. The maximum atomic E-state index is 12.2. The lowest BCUT2D eigenvalue weighted by atomic mass is 9.94. The quantitative estimate of drug-likeness (QED) is 0.578. The number of hydrogen-bond acceptors (Lipinski definition) is 5. The molecule has 0 fully saturated rings. The maximum absolute atomic E-state index is 12.2. The standard InChI is InChI=1S/C14H17N5O/c1-14(2,10-6-4-3-5-7-10)18-13(20)11-8-17-12(19-15)9-16-11/h3-9H,15H2,1-2H3,(H,17,19)(H,18,20). The van der Waals surface area contributed by atoms with Gasteiger partial charge in [-0.1, -0.05) is 30.3 Å². The van der Waals surface area contributed by atoms with Gasteiger partial charge in [0.2, 0.25) is 0 Å². The van der Waals surface area contributed by atoms with Crippen LogP contribution < -0.4 is 16.6 Å². The zero-order valence-corrected chi connectivity index (χ0v) is 11.4. The maximum Gasteiger partial charge on any atom is 0.272 e. The third-order valence-electron chi connectivity index (χ3n) is 2.95. The Morgan fingerprint density at radius 1 is 1.15 bits per heavy atom. The van der Waals surface area contributed by atoms with E-state index in [0.29, 0.717) is 5.82 Å². The Kier molecular flexibility index (Phi) is 3.95. The molecule has 0 aliphatic heterocycles. The summed E-state index contributed by atoms with van der Waals surface area (Å²) in [5.74, 6) is 5.32. The normalized spacial score (nSPS) is 10.9. The van der Waals surface area contributed by atoms with E-state index in [9.17, 15) is 4.79 Å². The monoisotopic (exact) mass is 271 g/mol. The summed E-state index contributed by atoms with van der Waals surface area (Å²) in [5.41, 5.74) is 3.13. The summed E-state index contributed by atoms with van der Waals surface area (Å²) in [6.45, 7) is 3.87. The van der Waals surface area contributed by atoms with E-state index >= 15 is 0 Å². The molecule has 1 aromatic carbocycles. The van der Waals surface area contributed by atoms with Crippen molar-refractivity contribution >= 4 is 11.7 Å². The molecule has 0 spiro atoms. The van der Waals surface area contributed by atoms with Crippen LogP contribution >= 0.6 is 0 Å². The van der Waals surface area contributed by atoms with Crippen LogP contribution in [-0.4, -0.2) is 15.9 Å². The zero-order chi connectivity index (χ0) is 14.6. The van der Waals surface area contributed by atoms with Gasteiger partial charge in [0, 0.05) is 0 Å². The number of carbonyl (C=O) groups is 1. The average molecular weight is 271 g/mol. The van der Waals surface area contributed by atoms with E-state index in [0.717, 1.165) is 5.56 Å². The molecular weight excluding hydrogens is 254 g/mol. The van der Waals surface area contributed by atoms with E-state index in [1.54, 1.807) is 0 Å². The molecule has 1 aromatic heterocycles. The highest BCUT2D eigenvalue weighted by molar-refractivity contribution is 5.92. The summed E-state index contributed by atoms with van der Waals surface area (Å²) in [4.78, 5) is 20.1. The van der Waals surface area contributed by atoms with E-state index in [-0.39, 0.29) is 11.6 Å². The number of amides is 1. The molecule has 1 heterocycles. The van der Waals surface area contributed by atoms with Gasteiger partial charge in [-0.3, -0.25) is 4.79 Å². The SMILES string of the molecule is CC(C)(NC(=O)c1cnc(NN)cn1)c1ccccc1. The third-order valence-corrected chi connectivity index (χ3v) is 2.95. The number of benzene rings is 1. The van der Waals surface area contributed by atoms with Crippen LogP contribution in [0.3, 0.4) is 0 Å². The van der Waals surface area contributed by atoms with Crippen molar-refractivity contribution < 1.29 is 4.79 Å². The van der Waals surface area contributed by atoms with Crippen LogP contribution in [0.2, 0.25) is 0 Å². The summed E-state index contributed by atoms with van der Waals surface area (Å²) in [5, 5.41) is 2.93. The van der Waals surface area contributed by atoms with Crippen molar-refractivity contribution in [1.29, 1.82) is 0 Å². The highest BCUT2D eigenvalue weighted by Gasteiger charge is 2.23. The first-order valence-corrected chi connectivity index (χ1v) is 6.19. The fourth-order valence-electron chi connectivity index (χ4n) is 1.79. The Morgan fingerprint density at radius 2 is 1.85 bits per heavy atom. The van der Waals surface area contributed by atoms with Gasteiger partial charge in [-0.05, 0) is 19.4 Å². The van der Waals surface area contributed by atoms with Crippen molar-refractivity contribution in [3.05, 3.63) is 54.0 Å². The minimum atomic E-state index is -0.495. The van der Waals surface area contributed by atoms with Crippen molar-refractivity contribution in [3.63, 3.8) is 0 Å². The largest absolute Gasteiger partial charge is 0.342 e. The zero-order valence-electron chi connectivity index (χ0n) is 11.4. The number of rotatable bonds is 4. The molecule has 0 aliphatic rings. The van der Waals surface area contributed by atoms with Crippen molar-refractivity contribution in [1.82, 2.24) is 15.3 Å². The van der Waals surface area contributed by atoms with E-state index in [4.69, 9.17) is 5.84 Å². The molecule has 6 heteroatoms. The van der Waals surface area contributed by atoms with Gasteiger partial charge in [0.1, 0.15) is 5.69 Å². The second-order valence-electron chi connectivity index (χ2n) is 4.88. The van der Waals surface area contributed by atoms with Gasteiger partial charge in [0.25, 0.3) is 5.91 Å². The van der Waals surface area contributed by atoms with Gasteiger partial charge in [-0.2, -0.15) is 0 Å². The van der Waals surface area contributed by atoms with Crippen LogP contribution in [0.4, 0.5) is 5.82 Å². The predicted octanol–water partition coefficient (Wildman–Crippen LogP) is 1.43. The molecule has 0 radical (unpaired) electrons. The van der Waals surface area contributed by atoms with E-state index in [1.165, 1.54) is 12.4 Å². The molecule has 0 unspecified atom stereocenters. The first-order valence-electron chi connectivity index (χ1n) is 6.19. The molecule has 0 aliphatic carbocycles. The van der Waals surface area contributed by atoms with Gasteiger partial charge in [-0.15, -0.1) is 0 Å². The second kappa shape index (κ2) is 5.66. The molecule has 0 saturated carbocycles. The summed E-state index contributed by atoms with van der Waals surface area (Å²) in [6, 6.07) is 9.74. The lowest BCUT2D eigenvalue weighted by Gasteiger charge is -2.26. The minimum absolute atomic E-state index is 0.244. The number of nitrogens with two attached hydrogens (primary N) is 1. The molecular formula is C14H17N5O. The first kappa shape index (κ1) is 14.0. The lowest BCUT2D eigenvalue weighted by molar-refractivity contribution is 0.0906. The molecule has 2 aromatic rings. The van der Waals surface area contributed by atoms with Crippen molar-refractivity contribution in [2.24, 2.45) is 5.84 Å². The molecule has 6 nitrogen and oxygen atoms in total. The van der Waals surface area contributed by atoms with Crippen molar-refractivity contribution in [3.8, 4) is 0 Å². The van der Waals surface area contributed by atoms with Crippen LogP contribution in [0.25, 0.3) is 0 Å². The van der Waals surface area contributed by atoms with Crippen LogP contribution in [0.15, 0.2) is 42.7 Å². The Balaban J connectivity index is 2.14. The predicted molar refractivity (Wildman–Crippen MR) is 76.8 cm³/mol. The first-order chi connectivity index (χ1) is 9.53. The molecule has 4 N–H and O–H groups in total. The fourth-order valence-corrected chi connectivity index (χ4v) is 1.79. The van der Waals surface area contributed by atoms with Gasteiger partial charge in [-0.25, -0.2) is 15.8 Å². The van der Waals surface area contributed by atoms with Crippen LogP contribution in [-0.2, 0) is 5.54 Å². The van der Waals surface area contributed by atoms with Gasteiger partial charge >= 0.3 is 0 Å². The minimum Gasteiger partial charge on any atom is -0.342 e.